The summed E-state index contributed by atoms with van der Waals surface area (Å²) < 4.78 is 0. The number of nitrogens with one attached hydrogen (secondary N) is 1. The maximum Gasteiger partial charge on any atom is 0.317 e. The zero-order valence-corrected chi connectivity index (χ0v) is 10.3. The van der Waals surface area contributed by atoms with Crippen LogP contribution in [-0.4, -0.2) is 54.1 Å². The number of amides is 2. The summed E-state index contributed by atoms with van der Waals surface area (Å²) in [4.78, 5) is 15.6. The molecule has 1 rings (SSSR count). The Hall–Kier alpha value is -0.770. The molecule has 0 atom stereocenters. The van der Waals surface area contributed by atoms with Gasteiger partial charge in [0.05, 0.1) is 0 Å². The largest absolute Gasteiger partial charge is 0.336 e. The fourth-order valence-electron chi connectivity index (χ4n) is 2.07. The molecule has 1 aliphatic heterocycles. The lowest BCUT2D eigenvalue weighted by atomic mass is 10.2. The van der Waals surface area contributed by atoms with E-state index in [-0.39, 0.29) is 6.03 Å². The lowest BCUT2D eigenvalue weighted by molar-refractivity contribution is 0.154. The van der Waals surface area contributed by atoms with Gasteiger partial charge >= 0.3 is 6.03 Å². The van der Waals surface area contributed by atoms with E-state index in [1.807, 2.05) is 4.90 Å². The van der Waals surface area contributed by atoms with Crippen molar-refractivity contribution in [2.45, 2.75) is 39.8 Å². The molecule has 0 aromatic heterocycles. The summed E-state index contributed by atoms with van der Waals surface area (Å²) in [6.45, 7) is 12.2. The van der Waals surface area contributed by atoms with Crippen molar-refractivity contribution in [3.05, 3.63) is 0 Å². The maximum absolute atomic E-state index is 11.3. The monoisotopic (exact) mass is 213 g/mol. The van der Waals surface area contributed by atoms with E-state index in [2.05, 4.69) is 37.9 Å². The first kappa shape index (κ1) is 12.3. The molecule has 4 heteroatoms. The zero-order chi connectivity index (χ0) is 11.4. The van der Waals surface area contributed by atoms with Gasteiger partial charge in [-0.15, -0.1) is 0 Å². The molecule has 1 fully saturated rings. The summed E-state index contributed by atoms with van der Waals surface area (Å²) in [5.41, 5.74) is 0. The third-order valence-corrected chi connectivity index (χ3v) is 2.90. The van der Waals surface area contributed by atoms with E-state index >= 15 is 0 Å². The van der Waals surface area contributed by atoms with E-state index in [1.165, 1.54) is 0 Å². The van der Waals surface area contributed by atoms with Crippen molar-refractivity contribution < 1.29 is 4.79 Å². The highest BCUT2D eigenvalue weighted by Crippen LogP contribution is 2.05. The van der Waals surface area contributed by atoms with E-state index in [1.54, 1.807) is 0 Å². The lowest BCUT2D eigenvalue weighted by Gasteiger charge is -2.31. The molecule has 0 aliphatic carbocycles. The Balaban J connectivity index is 2.36. The summed E-state index contributed by atoms with van der Waals surface area (Å²) in [7, 11) is 0. The van der Waals surface area contributed by atoms with E-state index in [0.29, 0.717) is 12.1 Å². The van der Waals surface area contributed by atoms with Gasteiger partial charge in [0.1, 0.15) is 0 Å². The smallest absolute Gasteiger partial charge is 0.317 e. The molecule has 0 radical (unpaired) electrons. The predicted molar refractivity (Wildman–Crippen MR) is 61.9 cm³/mol. The van der Waals surface area contributed by atoms with Gasteiger partial charge in [0.2, 0.25) is 0 Å². The molecular formula is C11H23N3O. The van der Waals surface area contributed by atoms with Crippen molar-refractivity contribution in [2.75, 3.05) is 26.2 Å². The zero-order valence-electron chi connectivity index (χ0n) is 10.3. The highest BCUT2D eigenvalue weighted by molar-refractivity contribution is 5.76. The van der Waals surface area contributed by atoms with Gasteiger partial charge < -0.3 is 10.2 Å². The van der Waals surface area contributed by atoms with Gasteiger partial charge in [0, 0.05) is 38.3 Å². The number of urea groups is 1. The fourth-order valence-corrected chi connectivity index (χ4v) is 2.07. The molecule has 0 bridgehead atoms. The van der Waals surface area contributed by atoms with Crippen LogP contribution in [0, 0.1) is 0 Å². The van der Waals surface area contributed by atoms with Crippen LogP contribution in [0.3, 0.4) is 0 Å². The molecule has 1 heterocycles. The van der Waals surface area contributed by atoms with Crippen LogP contribution < -0.4 is 5.32 Å². The van der Waals surface area contributed by atoms with Crippen LogP contribution in [-0.2, 0) is 0 Å². The van der Waals surface area contributed by atoms with Crippen LogP contribution in [0.15, 0.2) is 0 Å². The molecular weight excluding hydrogens is 190 g/mol. The van der Waals surface area contributed by atoms with Gasteiger partial charge in [-0.25, -0.2) is 4.79 Å². The minimum absolute atomic E-state index is 0.0856. The van der Waals surface area contributed by atoms with Crippen LogP contribution >= 0.6 is 0 Å². The molecule has 0 aromatic rings. The normalized spacial score (nSPS) is 17.0. The summed E-state index contributed by atoms with van der Waals surface area (Å²) in [6.07, 6.45) is 0. The van der Waals surface area contributed by atoms with Crippen molar-refractivity contribution in [1.29, 1.82) is 0 Å². The van der Waals surface area contributed by atoms with Crippen molar-refractivity contribution in [3.8, 4) is 0 Å². The molecule has 88 valence electrons. The third-order valence-electron chi connectivity index (χ3n) is 2.90. The average molecular weight is 213 g/mol. The first-order valence-corrected chi connectivity index (χ1v) is 5.81. The molecule has 2 amide bonds. The van der Waals surface area contributed by atoms with Crippen LogP contribution in [0.4, 0.5) is 4.79 Å². The van der Waals surface area contributed by atoms with Crippen LogP contribution in [0.5, 0.6) is 0 Å². The van der Waals surface area contributed by atoms with E-state index in [0.717, 1.165) is 26.2 Å². The van der Waals surface area contributed by atoms with Gasteiger partial charge in [0.15, 0.2) is 0 Å². The number of nitrogens with zero attached hydrogens (tertiary/aromatic N) is 2. The Morgan fingerprint density at radius 1 is 1.33 bits per heavy atom. The second-order valence-corrected chi connectivity index (χ2v) is 4.64. The maximum atomic E-state index is 11.3. The van der Waals surface area contributed by atoms with Crippen LogP contribution in [0.25, 0.3) is 0 Å². The van der Waals surface area contributed by atoms with Gasteiger partial charge in [-0.3, -0.25) is 4.90 Å². The first-order valence-electron chi connectivity index (χ1n) is 5.81. The van der Waals surface area contributed by atoms with E-state index in [9.17, 15) is 4.79 Å². The molecule has 0 aromatic carbocycles. The first-order chi connectivity index (χ1) is 7.02. The highest BCUT2D eigenvalue weighted by Gasteiger charge is 2.21. The Labute approximate surface area is 92.6 Å². The lowest BCUT2D eigenvalue weighted by Crippen LogP contribution is -2.43. The summed E-state index contributed by atoms with van der Waals surface area (Å²) in [5, 5.41) is 2.82. The average Bonchev–Trinajstić information content (AvgIpc) is 2.51. The van der Waals surface area contributed by atoms with Crippen molar-refractivity contribution in [1.82, 2.24) is 15.1 Å². The van der Waals surface area contributed by atoms with Crippen molar-refractivity contribution >= 4 is 6.03 Å². The summed E-state index contributed by atoms with van der Waals surface area (Å²) in [6, 6.07) is 1.16. The molecule has 0 spiro atoms. The number of hydrogen-bond donors (Lipinski definition) is 1. The van der Waals surface area contributed by atoms with Gasteiger partial charge in [-0.2, -0.15) is 0 Å². The SMILES string of the molecule is CC(C)N(CCN1CCNC1=O)C(C)C. The van der Waals surface area contributed by atoms with Gasteiger partial charge in [-0.1, -0.05) is 0 Å². The van der Waals surface area contributed by atoms with Crippen molar-refractivity contribution in [2.24, 2.45) is 0 Å². The number of carbonyl (C=O) groups excluding carboxylic acids is 1. The molecule has 1 aliphatic rings. The van der Waals surface area contributed by atoms with Crippen molar-refractivity contribution in [3.63, 3.8) is 0 Å². The van der Waals surface area contributed by atoms with Crippen LogP contribution in [0.1, 0.15) is 27.7 Å². The topological polar surface area (TPSA) is 35.6 Å². The quantitative estimate of drug-likeness (QED) is 0.743. The van der Waals surface area contributed by atoms with Gasteiger partial charge in [0.25, 0.3) is 0 Å². The second kappa shape index (κ2) is 5.35. The Bertz CT molecular complexity index is 208. The highest BCUT2D eigenvalue weighted by atomic mass is 16.2. The minimum Gasteiger partial charge on any atom is -0.336 e. The number of rotatable bonds is 5. The Kier molecular flexibility index (Phi) is 4.39. The minimum atomic E-state index is 0.0856. The standard InChI is InChI=1S/C11H23N3O/c1-9(2)14(10(3)4)8-7-13-6-5-12-11(13)15/h9-10H,5-8H2,1-4H3,(H,12,15). The molecule has 1 saturated heterocycles. The number of hydrogen-bond acceptors (Lipinski definition) is 2. The molecule has 1 N–H and O–H groups in total. The van der Waals surface area contributed by atoms with E-state index in [4.69, 9.17) is 0 Å². The number of carbonyl (C=O) groups is 1. The summed E-state index contributed by atoms with van der Waals surface area (Å²) in [5.74, 6) is 0. The Morgan fingerprint density at radius 3 is 2.33 bits per heavy atom. The second-order valence-electron chi connectivity index (χ2n) is 4.64. The predicted octanol–water partition coefficient (Wildman–Crippen LogP) is 1.13. The molecule has 4 nitrogen and oxygen atoms in total. The third kappa shape index (κ3) is 3.38. The van der Waals surface area contributed by atoms with Crippen LogP contribution in [0.2, 0.25) is 0 Å². The Morgan fingerprint density at radius 2 is 1.93 bits per heavy atom. The molecule has 0 unspecified atom stereocenters. The van der Waals surface area contributed by atoms with E-state index < -0.39 is 0 Å². The molecule has 15 heavy (non-hydrogen) atoms. The molecule has 0 saturated carbocycles. The fraction of sp³-hybridized carbons (Fsp3) is 0.909. The summed E-state index contributed by atoms with van der Waals surface area (Å²) >= 11 is 0. The van der Waals surface area contributed by atoms with Gasteiger partial charge in [-0.05, 0) is 27.7 Å².